The molecule has 0 saturated carbocycles. The summed E-state index contributed by atoms with van der Waals surface area (Å²) in [6, 6.07) is 6.14. The van der Waals surface area contributed by atoms with E-state index in [1.807, 2.05) is 12.1 Å². The maximum absolute atomic E-state index is 11.6. The summed E-state index contributed by atoms with van der Waals surface area (Å²) in [7, 11) is 1.68. The van der Waals surface area contributed by atoms with E-state index in [0.29, 0.717) is 6.54 Å². The van der Waals surface area contributed by atoms with E-state index < -0.39 is 11.4 Å². The lowest BCUT2D eigenvalue weighted by atomic mass is 9.83. The van der Waals surface area contributed by atoms with Crippen molar-refractivity contribution >= 4 is 5.97 Å². The second-order valence-corrected chi connectivity index (χ2v) is 6.11. The molecule has 1 N–H and O–H groups in total. The van der Waals surface area contributed by atoms with Crippen molar-refractivity contribution < 1.29 is 14.6 Å². The highest BCUT2D eigenvalue weighted by Gasteiger charge is 2.43. The Morgan fingerprint density at radius 3 is 2.86 bits per heavy atom. The molecule has 1 aliphatic rings. The molecule has 0 aliphatic carbocycles. The summed E-state index contributed by atoms with van der Waals surface area (Å²) >= 11 is 0. The van der Waals surface area contributed by atoms with Crippen molar-refractivity contribution in [2.24, 2.45) is 5.41 Å². The molecular formula is C17H25NO3. The van der Waals surface area contributed by atoms with Gasteiger partial charge in [-0.1, -0.05) is 31.0 Å². The van der Waals surface area contributed by atoms with E-state index in [1.54, 1.807) is 7.11 Å². The van der Waals surface area contributed by atoms with Crippen molar-refractivity contribution in [1.29, 1.82) is 0 Å². The molecule has 1 atom stereocenters. The van der Waals surface area contributed by atoms with E-state index in [4.69, 9.17) is 4.74 Å². The average molecular weight is 291 g/mol. The number of carboxylic acid groups (broad SMARTS) is 1. The van der Waals surface area contributed by atoms with Crippen molar-refractivity contribution in [2.45, 2.75) is 39.7 Å². The highest BCUT2D eigenvalue weighted by molar-refractivity contribution is 5.75. The molecule has 116 valence electrons. The number of methoxy groups -OCH3 is 1. The molecule has 2 rings (SSSR count). The van der Waals surface area contributed by atoms with Gasteiger partial charge < -0.3 is 9.84 Å². The molecule has 1 heterocycles. The van der Waals surface area contributed by atoms with Gasteiger partial charge in [-0.2, -0.15) is 0 Å². The van der Waals surface area contributed by atoms with Gasteiger partial charge in [0.05, 0.1) is 12.5 Å². The van der Waals surface area contributed by atoms with Gasteiger partial charge in [0.15, 0.2) is 0 Å². The number of rotatable bonds is 6. The number of nitrogens with zero attached hydrogens (tertiary/aromatic N) is 1. The normalized spacial score (nSPS) is 22.4. The van der Waals surface area contributed by atoms with Crippen LogP contribution >= 0.6 is 0 Å². The molecule has 0 bridgehead atoms. The second kappa shape index (κ2) is 6.48. The number of ether oxygens (including phenoxy) is 1. The first-order valence-electron chi connectivity index (χ1n) is 7.60. The van der Waals surface area contributed by atoms with Crippen molar-refractivity contribution in [2.75, 3.05) is 20.2 Å². The molecule has 21 heavy (non-hydrogen) atoms. The largest absolute Gasteiger partial charge is 0.496 e. The fourth-order valence-electron chi connectivity index (χ4n) is 3.33. The van der Waals surface area contributed by atoms with Crippen LogP contribution in [-0.4, -0.2) is 36.2 Å². The monoisotopic (exact) mass is 291 g/mol. The highest BCUT2D eigenvalue weighted by Crippen LogP contribution is 2.37. The summed E-state index contributed by atoms with van der Waals surface area (Å²) in [5.74, 6) is 0.229. The zero-order valence-corrected chi connectivity index (χ0v) is 13.2. The first kappa shape index (κ1) is 15.8. The van der Waals surface area contributed by atoms with Gasteiger partial charge in [-0.3, -0.25) is 9.69 Å². The number of hydrogen-bond donors (Lipinski definition) is 1. The Hall–Kier alpha value is -1.55. The predicted octanol–water partition coefficient (Wildman–Crippen LogP) is 3.08. The van der Waals surface area contributed by atoms with Gasteiger partial charge in [0.1, 0.15) is 5.75 Å². The van der Waals surface area contributed by atoms with Crippen LogP contribution in [0.4, 0.5) is 0 Å². The van der Waals surface area contributed by atoms with Gasteiger partial charge in [0.2, 0.25) is 0 Å². The fourth-order valence-corrected chi connectivity index (χ4v) is 3.33. The van der Waals surface area contributed by atoms with Gasteiger partial charge in [-0.15, -0.1) is 0 Å². The van der Waals surface area contributed by atoms with E-state index in [9.17, 15) is 9.90 Å². The Balaban J connectivity index is 2.12. The Labute approximate surface area is 126 Å². The molecule has 1 unspecified atom stereocenters. The molecule has 4 nitrogen and oxygen atoms in total. The van der Waals surface area contributed by atoms with E-state index >= 15 is 0 Å². The first-order chi connectivity index (χ1) is 10.0. The maximum Gasteiger partial charge on any atom is 0.310 e. The predicted molar refractivity (Wildman–Crippen MR) is 82.6 cm³/mol. The van der Waals surface area contributed by atoms with Crippen LogP contribution in [0.1, 0.15) is 37.3 Å². The molecule has 1 aliphatic heterocycles. The quantitative estimate of drug-likeness (QED) is 0.875. The number of carboxylic acids is 1. The standard InChI is InChI=1S/C17H25NO3/c1-4-7-17(16(19)20)8-9-18(12-17)11-14-10-13(2)5-6-15(14)21-3/h5-6,10H,4,7-9,11-12H2,1-3H3,(H,19,20). The van der Waals surface area contributed by atoms with Gasteiger partial charge in [0, 0.05) is 18.7 Å². The van der Waals surface area contributed by atoms with Gasteiger partial charge >= 0.3 is 5.97 Å². The van der Waals surface area contributed by atoms with Crippen LogP contribution in [0.5, 0.6) is 5.75 Å². The summed E-state index contributed by atoms with van der Waals surface area (Å²) < 4.78 is 5.41. The number of benzene rings is 1. The van der Waals surface area contributed by atoms with Crippen LogP contribution in [0.2, 0.25) is 0 Å². The SMILES string of the molecule is CCCC1(C(=O)O)CCN(Cc2cc(C)ccc2OC)C1. The van der Waals surface area contributed by atoms with E-state index in [1.165, 1.54) is 5.56 Å². The Bertz CT molecular complexity index is 515. The zero-order chi connectivity index (χ0) is 15.5. The number of aryl methyl sites for hydroxylation is 1. The summed E-state index contributed by atoms with van der Waals surface area (Å²) in [5, 5.41) is 9.57. The molecule has 0 radical (unpaired) electrons. The van der Waals surface area contributed by atoms with Crippen LogP contribution in [0.25, 0.3) is 0 Å². The summed E-state index contributed by atoms with van der Waals surface area (Å²) in [5.41, 5.74) is 1.77. The minimum absolute atomic E-state index is 0.564. The summed E-state index contributed by atoms with van der Waals surface area (Å²) in [6.45, 7) is 6.34. The maximum atomic E-state index is 11.6. The smallest absolute Gasteiger partial charge is 0.310 e. The third-order valence-corrected chi connectivity index (χ3v) is 4.44. The molecular weight excluding hydrogens is 266 g/mol. The van der Waals surface area contributed by atoms with Gasteiger partial charge in [-0.05, 0) is 32.4 Å². The lowest BCUT2D eigenvalue weighted by Gasteiger charge is -2.24. The molecule has 1 aromatic rings. The third-order valence-electron chi connectivity index (χ3n) is 4.44. The van der Waals surface area contributed by atoms with Crippen LogP contribution in [0.3, 0.4) is 0 Å². The lowest BCUT2D eigenvalue weighted by Crippen LogP contribution is -2.34. The second-order valence-electron chi connectivity index (χ2n) is 6.11. The van der Waals surface area contributed by atoms with Crippen LogP contribution in [-0.2, 0) is 11.3 Å². The molecule has 0 amide bonds. The number of likely N-dealkylation sites (tertiary alicyclic amines) is 1. The molecule has 1 aromatic carbocycles. The molecule has 1 saturated heterocycles. The van der Waals surface area contributed by atoms with Gasteiger partial charge in [-0.25, -0.2) is 0 Å². The minimum Gasteiger partial charge on any atom is -0.496 e. The van der Waals surface area contributed by atoms with Crippen LogP contribution in [0.15, 0.2) is 18.2 Å². The molecule has 0 spiro atoms. The van der Waals surface area contributed by atoms with E-state index in [2.05, 4.69) is 24.8 Å². The minimum atomic E-state index is -0.650. The third kappa shape index (κ3) is 3.38. The van der Waals surface area contributed by atoms with E-state index in [-0.39, 0.29) is 0 Å². The van der Waals surface area contributed by atoms with Gasteiger partial charge in [0.25, 0.3) is 0 Å². The summed E-state index contributed by atoms with van der Waals surface area (Å²) in [4.78, 5) is 13.9. The van der Waals surface area contributed by atoms with Crippen molar-refractivity contribution in [3.63, 3.8) is 0 Å². The Kier molecular flexibility index (Phi) is 4.88. The zero-order valence-electron chi connectivity index (χ0n) is 13.2. The fraction of sp³-hybridized carbons (Fsp3) is 0.588. The molecule has 1 fully saturated rings. The first-order valence-corrected chi connectivity index (χ1v) is 7.60. The number of aliphatic carboxylic acids is 1. The molecule has 4 heteroatoms. The van der Waals surface area contributed by atoms with Crippen LogP contribution < -0.4 is 4.74 Å². The average Bonchev–Trinajstić information content (AvgIpc) is 2.84. The van der Waals surface area contributed by atoms with Crippen molar-refractivity contribution in [3.8, 4) is 5.75 Å². The molecule has 0 aromatic heterocycles. The number of hydrogen-bond acceptors (Lipinski definition) is 3. The number of carbonyl (C=O) groups is 1. The van der Waals surface area contributed by atoms with E-state index in [0.717, 1.165) is 43.7 Å². The lowest BCUT2D eigenvalue weighted by molar-refractivity contribution is -0.148. The summed E-state index contributed by atoms with van der Waals surface area (Å²) in [6.07, 6.45) is 2.40. The van der Waals surface area contributed by atoms with Crippen LogP contribution in [0, 0.1) is 12.3 Å². The Morgan fingerprint density at radius 1 is 1.48 bits per heavy atom. The Morgan fingerprint density at radius 2 is 2.24 bits per heavy atom. The highest BCUT2D eigenvalue weighted by atomic mass is 16.5. The van der Waals surface area contributed by atoms with Crippen molar-refractivity contribution in [1.82, 2.24) is 4.90 Å². The topological polar surface area (TPSA) is 49.8 Å². The van der Waals surface area contributed by atoms with Crippen molar-refractivity contribution in [3.05, 3.63) is 29.3 Å².